The molecule has 0 spiro atoms. The molecule has 0 unspecified atom stereocenters. The molecule has 0 aromatic carbocycles. The number of aryl methyl sites for hydroxylation is 2. The van der Waals surface area contributed by atoms with Crippen LogP contribution in [0.4, 0.5) is 0 Å². The molecule has 1 N–H and O–H groups in total. The van der Waals surface area contributed by atoms with Crippen LogP contribution in [0.2, 0.25) is 0 Å². The van der Waals surface area contributed by atoms with Gasteiger partial charge in [0.15, 0.2) is 0 Å². The van der Waals surface area contributed by atoms with E-state index in [1.165, 1.54) is 11.3 Å². The van der Waals surface area contributed by atoms with Gasteiger partial charge in [-0.25, -0.2) is 9.78 Å². The number of carbonyl (C=O) groups is 1. The number of carboxylic acid groups (broad SMARTS) is 1. The monoisotopic (exact) mass is 265 g/mol. The normalized spacial score (nSPS) is 10.8. The Morgan fingerprint density at radius 1 is 1.50 bits per heavy atom. The maximum atomic E-state index is 11.1. The molecule has 0 aliphatic heterocycles. The second-order valence-electron chi connectivity index (χ2n) is 3.89. The third kappa shape index (κ3) is 2.28. The van der Waals surface area contributed by atoms with Crippen molar-refractivity contribution in [2.24, 2.45) is 0 Å². The fourth-order valence-corrected chi connectivity index (χ4v) is 2.79. The molecule has 0 atom stereocenters. The predicted molar refractivity (Wildman–Crippen MR) is 70.0 cm³/mol. The molecular formula is C12H15N3O2S. The van der Waals surface area contributed by atoms with Crippen LogP contribution in [0.3, 0.4) is 0 Å². The molecule has 0 saturated heterocycles. The average molecular weight is 265 g/mol. The van der Waals surface area contributed by atoms with E-state index in [4.69, 9.17) is 5.11 Å². The van der Waals surface area contributed by atoms with E-state index in [2.05, 4.69) is 17.0 Å². The van der Waals surface area contributed by atoms with Crippen molar-refractivity contribution in [3.63, 3.8) is 0 Å². The number of hydrogen-bond acceptors (Lipinski definition) is 4. The van der Waals surface area contributed by atoms with Crippen LogP contribution in [-0.4, -0.2) is 25.8 Å². The van der Waals surface area contributed by atoms with Crippen molar-refractivity contribution < 1.29 is 9.90 Å². The topological polar surface area (TPSA) is 68.0 Å². The minimum atomic E-state index is -0.905. The van der Waals surface area contributed by atoms with Crippen LogP contribution >= 0.6 is 11.3 Å². The van der Waals surface area contributed by atoms with Crippen LogP contribution < -0.4 is 0 Å². The van der Waals surface area contributed by atoms with Gasteiger partial charge in [0.25, 0.3) is 0 Å². The Bertz CT molecular complexity index is 559. The molecule has 0 amide bonds. The summed E-state index contributed by atoms with van der Waals surface area (Å²) in [5, 5.41) is 14.1. The standard InChI is InChI=1S/C12H15N3O2S/c1-3-7-15-9(5-6-13-15)11-14-8(4-2)10(18-11)12(16)17/h5-6H,3-4,7H2,1-2H3,(H,16,17). The highest BCUT2D eigenvalue weighted by molar-refractivity contribution is 7.17. The van der Waals surface area contributed by atoms with Gasteiger partial charge in [-0.2, -0.15) is 5.10 Å². The average Bonchev–Trinajstić information content (AvgIpc) is 2.94. The summed E-state index contributed by atoms with van der Waals surface area (Å²) in [5.74, 6) is -0.905. The maximum absolute atomic E-state index is 11.1. The summed E-state index contributed by atoms with van der Waals surface area (Å²) in [6, 6.07) is 1.87. The number of carboxylic acids is 1. The lowest BCUT2D eigenvalue weighted by Crippen LogP contribution is -2.00. The molecule has 0 radical (unpaired) electrons. The summed E-state index contributed by atoms with van der Waals surface area (Å²) in [5.41, 5.74) is 1.54. The number of nitrogens with zero attached hydrogens (tertiary/aromatic N) is 3. The first kappa shape index (κ1) is 12.8. The van der Waals surface area contributed by atoms with Gasteiger partial charge in [-0.05, 0) is 18.9 Å². The van der Waals surface area contributed by atoms with E-state index in [1.807, 2.05) is 17.7 Å². The Labute approximate surface area is 109 Å². The zero-order chi connectivity index (χ0) is 13.1. The minimum absolute atomic E-state index is 0.330. The summed E-state index contributed by atoms with van der Waals surface area (Å²) in [4.78, 5) is 15.9. The van der Waals surface area contributed by atoms with Gasteiger partial charge in [0.1, 0.15) is 9.88 Å². The first-order valence-electron chi connectivity index (χ1n) is 5.92. The Morgan fingerprint density at radius 3 is 2.83 bits per heavy atom. The van der Waals surface area contributed by atoms with Crippen molar-refractivity contribution >= 4 is 17.3 Å². The van der Waals surface area contributed by atoms with Crippen LogP contribution in [0.5, 0.6) is 0 Å². The Hall–Kier alpha value is -1.69. The van der Waals surface area contributed by atoms with Gasteiger partial charge in [-0.15, -0.1) is 11.3 Å². The van der Waals surface area contributed by atoms with Gasteiger partial charge >= 0.3 is 5.97 Å². The summed E-state index contributed by atoms with van der Waals surface area (Å²) in [7, 11) is 0. The molecule has 0 saturated carbocycles. The van der Waals surface area contributed by atoms with Gasteiger partial charge in [0.05, 0.1) is 11.4 Å². The zero-order valence-corrected chi connectivity index (χ0v) is 11.2. The lowest BCUT2D eigenvalue weighted by molar-refractivity contribution is 0.0701. The van der Waals surface area contributed by atoms with Crippen LogP contribution in [0.1, 0.15) is 35.6 Å². The Morgan fingerprint density at radius 2 is 2.28 bits per heavy atom. The molecule has 2 aromatic heterocycles. The highest BCUT2D eigenvalue weighted by Crippen LogP contribution is 2.28. The molecule has 0 aliphatic rings. The fourth-order valence-electron chi connectivity index (χ4n) is 1.77. The van der Waals surface area contributed by atoms with E-state index in [-0.39, 0.29) is 0 Å². The van der Waals surface area contributed by atoms with Gasteiger partial charge in [-0.1, -0.05) is 13.8 Å². The first-order valence-corrected chi connectivity index (χ1v) is 6.74. The molecular weight excluding hydrogens is 250 g/mol. The number of aromatic nitrogens is 3. The van der Waals surface area contributed by atoms with Crippen molar-refractivity contribution in [1.82, 2.24) is 14.8 Å². The molecule has 2 heterocycles. The van der Waals surface area contributed by atoms with Gasteiger partial charge in [0, 0.05) is 12.7 Å². The lowest BCUT2D eigenvalue weighted by atomic mass is 10.3. The minimum Gasteiger partial charge on any atom is -0.477 e. The first-order chi connectivity index (χ1) is 8.67. The molecule has 0 bridgehead atoms. The molecule has 96 valence electrons. The highest BCUT2D eigenvalue weighted by Gasteiger charge is 2.18. The Kier molecular flexibility index (Phi) is 3.76. The van der Waals surface area contributed by atoms with Crippen LogP contribution in [0.25, 0.3) is 10.7 Å². The second kappa shape index (κ2) is 5.30. The number of rotatable bonds is 5. The highest BCUT2D eigenvalue weighted by atomic mass is 32.1. The maximum Gasteiger partial charge on any atom is 0.347 e. The van der Waals surface area contributed by atoms with E-state index in [9.17, 15) is 4.79 Å². The van der Waals surface area contributed by atoms with Crippen molar-refractivity contribution in [3.8, 4) is 10.7 Å². The molecule has 5 nitrogen and oxygen atoms in total. The summed E-state index contributed by atoms with van der Waals surface area (Å²) >= 11 is 1.22. The molecule has 2 rings (SSSR count). The molecule has 6 heteroatoms. The van der Waals surface area contributed by atoms with E-state index < -0.39 is 5.97 Å². The van der Waals surface area contributed by atoms with Crippen LogP contribution in [0.15, 0.2) is 12.3 Å². The number of aromatic carboxylic acids is 1. The van der Waals surface area contributed by atoms with Gasteiger partial charge < -0.3 is 5.11 Å². The van der Waals surface area contributed by atoms with E-state index in [0.717, 1.165) is 23.7 Å². The number of thiazole rings is 1. The smallest absolute Gasteiger partial charge is 0.347 e. The van der Waals surface area contributed by atoms with Crippen LogP contribution in [0, 0.1) is 0 Å². The third-order valence-corrected chi connectivity index (χ3v) is 3.71. The van der Waals surface area contributed by atoms with E-state index in [1.54, 1.807) is 6.20 Å². The summed E-state index contributed by atoms with van der Waals surface area (Å²) in [6.45, 7) is 4.80. The molecule has 0 aliphatic carbocycles. The van der Waals surface area contributed by atoms with Gasteiger partial charge in [0.2, 0.25) is 0 Å². The summed E-state index contributed by atoms with van der Waals surface area (Å²) < 4.78 is 1.86. The second-order valence-corrected chi connectivity index (χ2v) is 4.89. The lowest BCUT2D eigenvalue weighted by Gasteiger charge is -2.02. The van der Waals surface area contributed by atoms with Crippen molar-refractivity contribution in [3.05, 3.63) is 22.8 Å². The quantitative estimate of drug-likeness (QED) is 0.902. The molecule has 2 aromatic rings. The SMILES string of the molecule is CCCn1nccc1-c1nc(CC)c(C(=O)O)s1. The van der Waals surface area contributed by atoms with Crippen molar-refractivity contribution in [1.29, 1.82) is 0 Å². The van der Waals surface area contributed by atoms with E-state index >= 15 is 0 Å². The van der Waals surface area contributed by atoms with Gasteiger partial charge in [-0.3, -0.25) is 4.68 Å². The summed E-state index contributed by atoms with van der Waals surface area (Å²) in [6.07, 6.45) is 3.32. The number of hydrogen-bond donors (Lipinski definition) is 1. The van der Waals surface area contributed by atoms with Crippen molar-refractivity contribution in [2.75, 3.05) is 0 Å². The van der Waals surface area contributed by atoms with Crippen LogP contribution in [-0.2, 0) is 13.0 Å². The molecule has 0 fully saturated rings. The predicted octanol–water partition coefficient (Wildman–Crippen LogP) is 2.68. The Balaban J connectivity index is 2.44. The largest absolute Gasteiger partial charge is 0.477 e. The van der Waals surface area contributed by atoms with Crippen molar-refractivity contribution in [2.45, 2.75) is 33.2 Å². The van der Waals surface area contributed by atoms with E-state index in [0.29, 0.717) is 17.0 Å². The fraction of sp³-hybridized carbons (Fsp3) is 0.417. The molecule has 18 heavy (non-hydrogen) atoms. The third-order valence-electron chi connectivity index (χ3n) is 2.60. The zero-order valence-electron chi connectivity index (χ0n) is 10.4.